The van der Waals surface area contributed by atoms with Crippen LogP contribution in [0.2, 0.25) is 0 Å². The molecule has 0 saturated heterocycles. The summed E-state index contributed by atoms with van der Waals surface area (Å²) in [6.07, 6.45) is -0.325. The van der Waals surface area contributed by atoms with E-state index < -0.39 is 29.5 Å². The number of hydrogen-bond donors (Lipinski definition) is 2. The van der Waals surface area contributed by atoms with E-state index in [-0.39, 0.29) is 43.2 Å². The molecule has 0 unspecified atom stereocenters. The van der Waals surface area contributed by atoms with Gasteiger partial charge in [0, 0.05) is 38.0 Å². The smallest absolute Gasteiger partial charge is 0.249 e. The molecule has 0 aromatic heterocycles. The number of carbonyl (C=O) groups excluding carboxylic acids is 4. The number of nitrogens with zero attached hydrogens (tertiary/aromatic N) is 2. The zero-order chi connectivity index (χ0) is 35.5. The van der Waals surface area contributed by atoms with Gasteiger partial charge in [-0.1, -0.05) is 24.3 Å². The maximum Gasteiger partial charge on any atom is 0.249 e. The van der Waals surface area contributed by atoms with E-state index in [2.05, 4.69) is 10.6 Å². The Hall–Kier alpha value is -5.78. The minimum atomic E-state index is -1.15. The number of methoxy groups -OCH3 is 2. The molecule has 10 nitrogen and oxygen atoms in total. The number of hydrogen-bond acceptors (Lipinski definition) is 6. The van der Waals surface area contributed by atoms with Gasteiger partial charge in [0.2, 0.25) is 23.6 Å². The second-order valence-electron chi connectivity index (χ2n) is 11.3. The van der Waals surface area contributed by atoms with E-state index in [4.69, 9.17) is 9.47 Å². The molecule has 0 aliphatic carbocycles. The number of ether oxygens (including phenoxy) is 2. The van der Waals surface area contributed by atoms with Crippen molar-refractivity contribution in [3.63, 3.8) is 0 Å². The lowest BCUT2D eigenvalue weighted by molar-refractivity contribution is -0.127. The Kier molecular flexibility index (Phi) is 12.4. The highest BCUT2D eigenvalue weighted by molar-refractivity contribution is 5.99. The maximum atomic E-state index is 14.0. The van der Waals surface area contributed by atoms with E-state index in [1.807, 2.05) is 0 Å². The first kappa shape index (κ1) is 36.1. The summed E-state index contributed by atoms with van der Waals surface area (Å²) in [6, 6.07) is 22.3. The largest absolute Gasteiger partial charge is 0.497 e. The summed E-state index contributed by atoms with van der Waals surface area (Å²) >= 11 is 0. The summed E-state index contributed by atoms with van der Waals surface area (Å²) in [5.41, 5.74) is 2.55. The molecule has 0 bridgehead atoms. The van der Waals surface area contributed by atoms with Gasteiger partial charge in [0.1, 0.15) is 29.2 Å². The maximum absolute atomic E-state index is 14.0. The molecule has 0 spiro atoms. The molecule has 4 aromatic rings. The fraction of sp³-hybridized carbons (Fsp3) is 0.243. The van der Waals surface area contributed by atoms with E-state index in [1.54, 1.807) is 87.0 Å². The van der Waals surface area contributed by atoms with Crippen molar-refractivity contribution < 1.29 is 37.4 Å². The summed E-state index contributed by atoms with van der Waals surface area (Å²) in [7, 11) is 6.21. The fourth-order valence-electron chi connectivity index (χ4n) is 5.10. The second-order valence-corrected chi connectivity index (χ2v) is 11.3. The van der Waals surface area contributed by atoms with Gasteiger partial charge in [-0.05, 0) is 77.4 Å². The third kappa shape index (κ3) is 10.4. The highest BCUT2D eigenvalue weighted by Gasteiger charge is 2.26. The molecule has 4 aromatic carbocycles. The number of anilines is 2. The topological polar surface area (TPSA) is 117 Å². The number of nitrogens with one attached hydrogen (secondary N) is 2. The van der Waals surface area contributed by atoms with Gasteiger partial charge in [-0.3, -0.25) is 19.2 Å². The van der Waals surface area contributed by atoms with Crippen molar-refractivity contribution in [3.05, 3.63) is 119 Å². The Morgan fingerprint density at radius 1 is 0.673 bits per heavy atom. The Bertz CT molecular complexity index is 1760. The molecule has 2 N–H and O–H groups in total. The lowest BCUT2D eigenvalue weighted by Gasteiger charge is -2.25. The number of benzene rings is 4. The second kappa shape index (κ2) is 16.9. The highest BCUT2D eigenvalue weighted by atomic mass is 19.1. The van der Waals surface area contributed by atoms with Crippen molar-refractivity contribution in [1.82, 2.24) is 10.6 Å². The molecule has 0 fully saturated rings. The monoisotopic (exact) mass is 672 g/mol. The normalized spacial score (nSPS) is 11.2. The molecule has 4 amide bonds. The van der Waals surface area contributed by atoms with Gasteiger partial charge in [-0.15, -0.1) is 0 Å². The first-order valence-corrected chi connectivity index (χ1v) is 15.4. The number of halogens is 2. The van der Waals surface area contributed by atoms with Crippen LogP contribution in [-0.2, 0) is 38.4 Å². The van der Waals surface area contributed by atoms with Crippen LogP contribution in [0, 0.1) is 11.6 Å². The van der Waals surface area contributed by atoms with E-state index in [0.29, 0.717) is 34.0 Å². The van der Waals surface area contributed by atoms with Gasteiger partial charge in [0.25, 0.3) is 0 Å². The average molecular weight is 673 g/mol. The molecular weight excluding hydrogens is 634 g/mol. The van der Waals surface area contributed by atoms with Gasteiger partial charge >= 0.3 is 0 Å². The first-order valence-electron chi connectivity index (χ1n) is 15.4. The summed E-state index contributed by atoms with van der Waals surface area (Å²) in [4.78, 5) is 54.9. The van der Waals surface area contributed by atoms with E-state index in [9.17, 15) is 28.0 Å². The highest BCUT2D eigenvalue weighted by Crippen LogP contribution is 2.21. The van der Waals surface area contributed by atoms with E-state index >= 15 is 0 Å². The molecule has 1 atom stereocenters. The van der Waals surface area contributed by atoms with Gasteiger partial charge < -0.3 is 29.9 Å². The van der Waals surface area contributed by atoms with Crippen LogP contribution >= 0.6 is 0 Å². The molecule has 0 radical (unpaired) electrons. The van der Waals surface area contributed by atoms with Crippen molar-refractivity contribution in [2.24, 2.45) is 0 Å². The number of amides is 4. The predicted octanol–water partition coefficient (Wildman–Crippen LogP) is 4.24. The predicted molar refractivity (Wildman–Crippen MR) is 182 cm³/mol. The van der Waals surface area contributed by atoms with Crippen LogP contribution in [0.25, 0.3) is 0 Å². The molecular formula is C37H38F2N4O6. The molecule has 0 saturated carbocycles. The zero-order valence-corrected chi connectivity index (χ0v) is 27.7. The summed E-state index contributed by atoms with van der Waals surface area (Å²) in [5, 5.41) is 5.35. The van der Waals surface area contributed by atoms with Crippen LogP contribution in [-0.4, -0.2) is 64.5 Å². The molecule has 0 aliphatic heterocycles. The van der Waals surface area contributed by atoms with Gasteiger partial charge in [0.15, 0.2) is 0 Å². The Labute approximate surface area is 283 Å². The van der Waals surface area contributed by atoms with E-state index in [1.165, 1.54) is 24.0 Å². The quantitative estimate of drug-likeness (QED) is 0.207. The third-order valence-electron chi connectivity index (χ3n) is 7.78. The number of rotatable bonds is 14. The Balaban J connectivity index is 1.38. The lowest BCUT2D eigenvalue weighted by Crippen LogP contribution is -2.49. The molecule has 49 heavy (non-hydrogen) atoms. The minimum Gasteiger partial charge on any atom is -0.497 e. The Morgan fingerprint density at radius 2 is 1.18 bits per heavy atom. The van der Waals surface area contributed by atoms with Crippen molar-refractivity contribution in [3.8, 4) is 11.5 Å². The SMILES string of the molecule is COc1ccc(N(C)C(=O)CNC(=O)Cc2cccc(CC(=O)N[C@@H](Cc3cc(F)cc(F)c3)C(=O)N(C)c3ccc(OC)cc3)c2)cc1. The summed E-state index contributed by atoms with van der Waals surface area (Å²) in [6.45, 7) is -0.209. The number of carbonyl (C=O) groups is 4. The van der Waals surface area contributed by atoms with Crippen molar-refractivity contribution in [2.75, 3.05) is 44.7 Å². The summed E-state index contributed by atoms with van der Waals surface area (Å²) < 4.78 is 38.3. The standard InChI is InChI=1S/C37H38F2N4O6/c1-42(29-8-12-31(48-3)13-9-29)36(46)23-40-34(44)20-24-6-5-7-25(16-24)21-35(45)41-33(19-26-17-27(38)22-28(39)18-26)37(47)43(2)30-10-14-32(49-4)15-11-30/h5-18,22,33H,19-21,23H2,1-4H3,(H,40,44)(H,41,45)/t33-/m0/s1. The summed E-state index contributed by atoms with van der Waals surface area (Å²) in [5.74, 6) is -2.05. The average Bonchev–Trinajstić information content (AvgIpc) is 3.09. The van der Waals surface area contributed by atoms with Crippen molar-refractivity contribution in [1.29, 1.82) is 0 Å². The van der Waals surface area contributed by atoms with Gasteiger partial charge in [-0.25, -0.2) is 8.78 Å². The van der Waals surface area contributed by atoms with Crippen LogP contribution in [0.5, 0.6) is 11.5 Å². The van der Waals surface area contributed by atoms with Crippen molar-refractivity contribution >= 4 is 35.0 Å². The van der Waals surface area contributed by atoms with Crippen LogP contribution in [0.15, 0.2) is 91.0 Å². The third-order valence-corrected chi connectivity index (χ3v) is 7.78. The van der Waals surface area contributed by atoms with Gasteiger partial charge in [0.05, 0.1) is 33.6 Å². The molecule has 0 aliphatic rings. The lowest BCUT2D eigenvalue weighted by atomic mass is 10.0. The first-order chi connectivity index (χ1) is 23.4. The fourth-order valence-corrected chi connectivity index (χ4v) is 5.10. The zero-order valence-electron chi connectivity index (χ0n) is 27.7. The van der Waals surface area contributed by atoms with Crippen LogP contribution in [0.1, 0.15) is 16.7 Å². The van der Waals surface area contributed by atoms with Gasteiger partial charge in [-0.2, -0.15) is 0 Å². The molecule has 256 valence electrons. The van der Waals surface area contributed by atoms with E-state index in [0.717, 1.165) is 18.2 Å². The van der Waals surface area contributed by atoms with Crippen molar-refractivity contribution in [2.45, 2.75) is 25.3 Å². The Morgan fingerprint density at radius 3 is 1.71 bits per heavy atom. The number of likely N-dealkylation sites (N-methyl/N-ethyl adjacent to an activating group) is 2. The molecule has 0 heterocycles. The van der Waals surface area contributed by atoms with Crippen LogP contribution < -0.4 is 29.9 Å². The van der Waals surface area contributed by atoms with Crippen LogP contribution in [0.3, 0.4) is 0 Å². The molecule has 12 heteroatoms. The van der Waals surface area contributed by atoms with Crippen LogP contribution in [0.4, 0.5) is 20.2 Å². The molecule has 4 rings (SSSR count). The minimum absolute atomic E-state index is 0.0338.